The first-order valence-electron chi connectivity index (χ1n) is 5.61. The molecular weight excluding hydrogens is 364 g/mol. The summed E-state index contributed by atoms with van der Waals surface area (Å²) in [5.74, 6) is 0.408. The van der Waals surface area contributed by atoms with Crippen LogP contribution in [0, 0.1) is 10.1 Å². The third-order valence-electron chi connectivity index (χ3n) is 2.78. The summed E-state index contributed by atoms with van der Waals surface area (Å²) in [6.45, 7) is 0.585. The van der Waals surface area contributed by atoms with Crippen LogP contribution in [0.3, 0.4) is 0 Å². The second kappa shape index (κ2) is 5.15. The zero-order valence-corrected chi connectivity index (χ0v) is 13.5. The lowest BCUT2D eigenvalue weighted by atomic mass is 10.4. The number of rotatable bonds is 4. The van der Waals surface area contributed by atoms with E-state index in [4.69, 9.17) is 0 Å². The zero-order valence-electron chi connectivity index (χ0n) is 10.3. The molecule has 0 spiro atoms. The van der Waals surface area contributed by atoms with Crippen molar-refractivity contribution in [2.45, 2.75) is 6.54 Å². The number of nitrogens with zero attached hydrogens (tertiary/aromatic N) is 4. The monoisotopic (exact) mass is 372 g/mol. The fourth-order valence-electron chi connectivity index (χ4n) is 1.93. The van der Waals surface area contributed by atoms with E-state index in [0.717, 1.165) is 8.66 Å². The SMILES string of the molecule is CN(Cc1ccc(Br)s1)c1nc2sccn2c1[N+](=O)[O-]. The average Bonchev–Trinajstić information content (AvgIpc) is 3.02. The topological polar surface area (TPSA) is 63.7 Å². The maximum absolute atomic E-state index is 11.3. The minimum atomic E-state index is -0.386. The maximum atomic E-state index is 11.3. The van der Waals surface area contributed by atoms with Crippen molar-refractivity contribution in [1.82, 2.24) is 9.38 Å². The number of halogens is 1. The number of thiazole rings is 1. The van der Waals surface area contributed by atoms with E-state index in [2.05, 4.69) is 20.9 Å². The lowest BCUT2D eigenvalue weighted by molar-refractivity contribution is -0.389. The Morgan fingerprint density at radius 3 is 3.00 bits per heavy atom. The van der Waals surface area contributed by atoms with Gasteiger partial charge in [-0.2, -0.15) is 9.38 Å². The Balaban J connectivity index is 1.98. The van der Waals surface area contributed by atoms with E-state index in [-0.39, 0.29) is 10.7 Å². The zero-order chi connectivity index (χ0) is 14.3. The largest absolute Gasteiger partial charge is 0.373 e. The van der Waals surface area contributed by atoms with Crippen LogP contribution in [0.25, 0.3) is 4.96 Å². The fourth-order valence-corrected chi connectivity index (χ4v) is 4.17. The van der Waals surface area contributed by atoms with Crippen molar-refractivity contribution in [1.29, 1.82) is 0 Å². The van der Waals surface area contributed by atoms with Crippen molar-refractivity contribution in [3.63, 3.8) is 0 Å². The van der Waals surface area contributed by atoms with E-state index in [1.54, 1.807) is 27.8 Å². The van der Waals surface area contributed by atoms with Crippen molar-refractivity contribution < 1.29 is 4.92 Å². The molecule has 104 valence electrons. The van der Waals surface area contributed by atoms with Crippen LogP contribution in [0.4, 0.5) is 11.6 Å². The van der Waals surface area contributed by atoms with Crippen molar-refractivity contribution in [2.75, 3.05) is 11.9 Å². The third kappa shape index (κ3) is 2.32. The predicted octanol–water partition coefficient (Wildman–Crippen LogP) is 3.76. The van der Waals surface area contributed by atoms with Crippen LogP contribution in [0.15, 0.2) is 27.5 Å². The summed E-state index contributed by atoms with van der Waals surface area (Å²) in [5, 5.41) is 13.1. The van der Waals surface area contributed by atoms with Crippen LogP contribution in [-0.2, 0) is 6.54 Å². The Morgan fingerprint density at radius 2 is 2.35 bits per heavy atom. The molecule has 0 unspecified atom stereocenters. The molecule has 6 nitrogen and oxygen atoms in total. The van der Waals surface area contributed by atoms with E-state index in [0.29, 0.717) is 17.3 Å². The molecule has 0 saturated carbocycles. The molecule has 3 aromatic heterocycles. The number of imidazole rings is 1. The highest BCUT2D eigenvalue weighted by Gasteiger charge is 2.26. The molecule has 3 rings (SSSR count). The summed E-state index contributed by atoms with van der Waals surface area (Å²) in [7, 11) is 1.81. The molecule has 0 aliphatic heterocycles. The molecule has 20 heavy (non-hydrogen) atoms. The van der Waals surface area contributed by atoms with Crippen LogP contribution in [0.1, 0.15) is 4.88 Å². The second-order valence-electron chi connectivity index (χ2n) is 4.13. The van der Waals surface area contributed by atoms with E-state index in [1.165, 1.54) is 15.7 Å². The van der Waals surface area contributed by atoms with Gasteiger partial charge in [0.15, 0.2) is 0 Å². The average molecular weight is 373 g/mol. The Kier molecular flexibility index (Phi) is 3.48. The summed E-state index contributed by atoms with van der Waals surface area (Å²) in [4.78, 5) is 18.8. The van der Waals surface area contributed by atoms with E-state index >= 15 is 0 Å². The molecule has 0 radical (unpaired) electrons. The number of nitro groups is 1. The molecule has 0 bridgehead atoms. The minimum absolute atomic E-state index is 0.0133. The van der Waals surface area contributed by atoms with Gasteiger partial charge >= 0.3 is 5.82 Å². The molecule has 0 amide bonds. The van der Waals surface area contributed by atoms with Gasteiger partial charge < -0.3 is 15.0 Å². The molecule has 3 heterocycles. The number of hydrogen-bond donors (Lipinski definition) is 0. The molecule has 0 atom stereocenters. The molecule has 0 fully saturated rings. The Bertz CT molecular complexity index is 778. The summed E-state index contributed by atoms with van der Waals surface area (Å²) in [5.41, 5.74) is 0. The fraction of sp³-hybridized carbons (Fsp3) is 0.182. The van der Waals surface area contributed by atoms with Crippen molar-refractivity contribution in [3.8, 4) is 0 Å². The summed E-state index contributed by atoms with van der Waals surface area (Å²) >= 11 is 6.40. The van der Waals surface area contributed by atoms with Gasteiger partial charge in [0.25, 0.3) is 4.96 Å². The molecule has 3 aromatic rings. The van der Waals surface area contributed by atoms with E-state index in [9.17, 15) is 10.1 Å². The molecule has 9 heteroatoms. The first kappa shape index (κ1) is 13.5. The third-order valence-corrected chi connectivity index (χ3v) is 5.14. The van der Waals surface area contributed by atoms with E-state index < -0.39 is 0 Å². The molecule has 0 aliphatic rings. The number of aromatic nitrogens is 2. The van der Waals surface area contributed by atoms with E-state index in [1.807, 2.05) is 19.2 Å². The minimum Gasteiger partial charge on any atom is -0.358 e. The number of hydrogen-bond acceptors (Lipinski definition) is 6. The van der Waals surface area contributed by atoms with Gasteiger partial charge in [-0.3, -0.25) is 0 Å². The van der Waals surface area contributed by atoms with Crippen molar-refractivity contribution in [2.24, 2.45) is 0 Å². The van der Waals surface area contributed by atoms with Crippen LogP contribution >= 0.6 is 38.6 Å². The highest BCUT2D eigenvalue weighted by atomic mass is 79.9. The predicted molar refractivity (Wildman–Crippen MR) is 83.8 cm³/mol. The maximum Gasteiger partial charge on any atom is 0.373 e. The van der Waals surface area contributed by atoms with Crippen LogP contribution in [0.2, 0.25) is 0 Å². The Morgan fingerprint density at radius 1 is 1.55 bits per heavy atom. The Hall–Kier alpha value is -1.45. The van der Waals surface area contributed by atoms with Crippen molar-refractivity contribution in [3.05, 3.63) is 42.5 Å². The smallest absolute Gasteiger partial charge is 0.358 e. The first-order valence-corrected chi connectivity index (χ1v) is 8.10. The van der Waals surface area contributed by atoms with Gasteiger partial charge in [-0.15, -0.1) is 11.3 Å². The number of fused-ring (bicyclic) bond motifs is 1. The molecule has 0 aliphatic carbocycles. The number of anilines is 1. The second-order valence-corrected chi connectivity index (χ2v) is 7.55. The molecule has 0 saturated heterocycles. The van der Waals surface area contributed by atoms with Crippen molar-refractivity contribution >= 4 is 55.2 Å². The lowest BCUT2D eigenvalue weighted by Crippen LogP contribution is -2.17. The standard InChI is InChI=1S/C11H9BrN4O2S2/c1-14(6-7-2-3-8(12)20-7)9-10(16(17)18)15-4-5-19-11(15)13-9/h2-5H,6H2,1H3. The van der Waals surface area contributed by atoms with Crippen LogP contribution < -0.4 is 4.90 Å². The number of thiophene rings is 1. The Labute approximate surface area is 130 Å². The molecular formula is C11H9BrN4O2S2. The van der Waals surface area contributed by atoms with Gasteiger partial charge in [0.2, 0.25) is 5.82 Å². The highest BCUT2D eigenvalue weighted by molar-refractivity contribution is 9.11. The van der Waals surface area contributed by atoms with Gasteiger partial charge in [0.05, 0.1) is 10.3 Å². The summed E-state index contributed by atoms with van der Waals surface area (Å²) in [6.07, 6.45) is 1.67. The molecule has 0 N–H and O–H groups in total. The van der Waals surface area contributed by atoms with Gasteiger partial charge in [-0.25, -0.2) is 0 Å². The van der Waals surface area contributed by atoms with Gasteiger partial charge in [0.1, 0.15) is 6.20 Å². The normalized spacial score (nSPS) is 11.1. The van der Waals surface area contributed by atoms with Gasteiger partial charge in [0, 0.05) is 17.3 Å². The quantitative estimate of drug-likeness (QED) is 0.516. The van der Waals surface area contributed by atoms with Gasteiger partial charge in [-0.1, -0.05) is 11.3 Å². The lowest BCUT2D eigenvalue weighted by Gasteiger charge is -2.14. The first-order chi connectivity index (χ1) is 9.56. The highest BCUT2D eigenvalue weighted by Crippen LogP contribution is 2.32. The van der Waals surface area contributed by atoms with Gasteiger partial charge in [-0.05, 0) is 33.0 Å². The molecule has 0 aromatic carbocycles. The van der Waals surface area contributed by atoms with Crippen LogP contribution in [0.5, 0.6) is 0 Å². The summed E-state index contributed by atoms with van der Waals surface area (Å²) < 4.78 is 2.56. The van der Waals surface area contributed by atoms with Crippen LogP contribution in [-0.4, -0.2) is 21.4 Å². The summed E-state index contributed by atoms with van der Waals surface area (Å²) in [6, 6.07) is 3.96.